The van der Waals surface area contributed by atoms with E-state index >= 15 is 0 Å². The van der Waals surface area contributed by atoms with Gasteiger partial charge in [0.05, 0.1) is 6.26 Å². The Kier molecular flexibility index (Phi) is 4.18. The fourth-order valence-corrected chi connectivity index (χ4v) is 0.410. The molecule has 4 nitrogen and oxygen atoms in total. The van der Waals surface area contributed by atoms with Crippen LogP contribution >= 0.6 is 0 Å². The molecular weight excluding hydrogens is 160 g/mol. The van der Waals surface area contributed by atoms with Gasteiger partial charge in [-0.25, -0.2) is 4.79 Å². The minimum Gasteiger partial charge on any atom is -0.465 e. The van der Waals surface area contributed by atoms with Gasteiger partial charge in [-0.3, -0.25) is 0 Å². The third-order valence-corrected chi connectivity index (χ3v) is 0.752. The van der Waals surface area contributed by atoms with Crippen molar-refractivity contribution in [3.05, 3.63) is 12.8 Å². The third kappa shape index (κ3) is 6.92. The first kappa shape index (κ1) is 10.8. The van der Waals surface area contributed by atoms with Crippen LogP contribution in [-0.4, -0.2) is 18.5 Å². The lowest BCUT2D eigenvalue weighted by molar-refractivity contribution is -0.0463. The molecule has 12 heavy (non-hydrogen) atoms. The van der Waals surface area contributed by atoms with Gasteiger partial charge in [-0.15, -0.1) is 0 Å². The van der Waals surface area contributed by atoms with Crippen LogP contribution in [0.25, 0.3) is 0 Å². The van der Waals surface area contributed by atoms with E-state index in [0.29, 0.717) is 0 Å². The minimum absolute atomic E-state index is 0.168. The zero-order valence-corrected chi connectivity index (χ0v) is 7.62. The molecule has 0 unspecified atom stereocenters. The zero-order chi connectivity index (χ0) is 9.61. The summed E-state index contributed by atoms with van der Waals surface area (Å²) in [6, 6.07) is 0. The second-order valence-electron chi connectivity index (χ2n) is 3.06. The van der Waals surface area contributed by atoms with Crippen molar-refractivity contribution in [3.8, 4) is 0 Å². The van der Waals surface area contributed by atoms with Crippen LogP contribution in [-0.2, 0) is 14.2 Å². The standard InChI is InChI=1S/C8H14O4/c1-5-10-6-11-7(9)12-8(2,3)4/h5H,1,6H2,2-4H3. The summed E-state index contributed by atoms with van der Waals surface area (Å²) in [5.41, 5.74) is -0.536. The fourth-order valence-electron chi connectivity index (χ4n) is 0.410. The topological polar surface area (TPSA) is 44.8 Å². The predicted molar refractivity (Wildman–Crippen MR) is 43.5 cm³/mol. The van der Waals surface area contributed by atoms with E-state index in [2.05, 4.69) is 16.1 Å². The van der Waals surface area contributed by atoms with Crippen LogP contribution in [0.3, 0.4) is 0 Å². The summed E-state index contributed by atoms with van der Waals surface area (Å²) in [6.07, 6.45) is 0.439. The molecule has 0 aromatic carbocycles. The molecule has 0 spiro atoms. The van der Waals surface area contributed by atoms with E-state index < -0.39 is 11.8 Å². The van der Waals surface area contributed by atoms with Crippen LogP contribution in [0, 0.1) is 0 Å². The molecule has 0 aliphatic carbocycles. The molecule has 0 heterocycles. The summed E-state index contributed by atoms with van der Waals surface area (Å²) in [5.74, 6) is 0. The molecule has 0 atom stereocenters. The van der Waals surface area contributed by atoms with E-state index in [9.17, 15) is 4.79 Å². The average molecular weight is 174 g/mol. The zero-order valence-electron chi connectivity index (χ0n) is 7.62. The lowest BCUT2D eigenvalue weighted by atomic mass is 10.2. The van der Waals surface area contributed by atoms with E-state index in [1.54, 1.807) is 20.8 Å². The Hall–Kier alpha value is -1.19. The number of hydrogen-bond acceptors (Lipinski definition) is 4. The molecule has 70 valence electrons. The number of ether oxygens (including phenoxy) is 3. The van der Waals surface area contributed by atoms with Gasteiger partial charge in [0.2, 0.25) is 6.79 Å². The molecule has 0 bridgehead atoms. The van der Waals surface area contributed by atoms with E-state index in [-0.39, 0.29) is 6.79 Å². The molecule has 0 N–H and O–H groups in total. The van der Waals surface area contributed by atoms with Crippen molar-refractivity contribution in [1.29, 1.82) is 0 Å². The first-order valence-electron chi connectivity index (χ1n) is 3.54. The largest absolute Gasteiger partial charge is 0.511 e. The Morgan fingerprint density at radius 3 is 2.50 bits per heavy atom. The van der Waals surface area contributed by atoms with Crippen LogP contribution in [0.4, 0.5) is 4.79 Å². The molecular formula is C8H14O4. The van der Waals surface area contributed by atoms with Crippen molar-refractivity contribution in [2.24, 2.45) is 0 Å². The van der Waals surface area contributed by atoms with E-state index in [4.69, 9.17) is 4.74 Å². The van der Waals surface area contributed by atoms with Gasteiger partial charge in [-0.05, 0) is 20.8 Å². The number of carbonyl (C=O) groups excluding carboxylic acids is 1. The SMILES string of the molecule is C=COCOC(=O)OC(C)(C)C. The van der Waals surface area contributed by atoms with Crippen molar-refractivity contribution in [2.75, 3.05) is 6.79 Å². The summed E-state index contributed by atoms with van der Waals surface area (Å²) in [5, 5.41) is 0. The maximum atomic E-state index is 10.8. The molecule has 0 fully saturated rings. The summed E-state index contributed by atoms with van der Waals surface area (Å²) in [7, 11) is 0. The van der Waals surface area contributed by atoms with Crippen LogP contribution in [0.1, 0.15) is 20.8 Å². The molecule has 0 aromatic rings. The third-order valence-electron chi connectivity index (χ3n) is 0.752. The maximum absolute atomic E-state index is 10.8. The molecule has 0 saturated carbocycles. The van der Waals surface area contributed by atoms with Gasteiger partial charge in [0, 0.05) is 0 Å². The highest BCUT2D eigenvalue weighted by Gasteiger charge is 2.16. The highest BCUT2D eigenvalue weighted by atomic mass is 16.8. The van der Waals surface area contributed by atoms with Crippen molar-refractivity contribution in [2.45, 2.75) is 26.4 Å². The molecule has 0 aliphatic heterocycles. The van der Waals surface area contributed by atoms with Gasteiger partial charge in [0.1, 0.15) is 5.60 Å². The Balaban J connectivity index is 3.53. The number of rotatable bonds is 3. The lowest BCUT2D eigenvalue weighted by Crippen LogP contribution is -2.24. The van der Waals surface area contributed by atoms with Crippen LogP contribution < -0.4 is 0 Å². The van der Waals surface area contributed by atoms with Crippen molar-refractivity contribution >= 4 is 6.16 Å². The Morgan fingerprint density at radius 2 is 2.08 bits per heavy atom. The highest BCUT2D eigenvalue weighted by molar-refractivity contribution is 5.60. The Labute approximate surface area is 72.1 Å². The van der Waals surface area contributed by atoms with Crippen LogP contribution in [0.5, 0.6) is 0 Å². The van der Waals surface area contributed by atoms with Gasteiger partial charge in [0.25, 0.3) is 0 Å². The molecule has 0 aliphatic rings. The molecule has 0 aromatic heterocycles. The first-order valence-corrected chi connectivity index (χ1v) is 3.54. The second kappa shape index (κ2) is 4.64. The van der Waals surface area contributed by atoms with Crippen molar-refractivity contribution in [3.63, 3.8) is 0 Å². The summed E-state index contributed by atoms with van der Waals surface area (Å²) >= 11 is 0. The second-order valence-corrected chi connectivity index (χ2v) is 3.06. The van der Waals surface area contributed by atoms with Gasteiger partial charge >= 0.3 is 6.16 Å². The van der Waals surface area contributed by atoms with Gasteiger partial charge < -0.3 is 14.2 Å². The minimum atomic E-state index is -0.746. The normalized spacial score (nSPS) is 10.2. The van der Waals surface area contributed by atoms with Gasteiger partial charge in [0.15, 0.2) is 0 Å². The average Bonchev–Trinajstić information content (AvgIpc) is 1.84. The van der Waals surface area contributed by atoms with E-state index in [0.717, 1.165) is 0 Å². The summed E-state index contributed by atoms with van der Waals surface area (Å²) in [4.78, 5) is 10.8. The quantitative estimate of drug-likeness (QED) is 0.284. The van der Waals surface area contributed by atoms with Crippen molar-refractivity contribution in [1.82, 2.24) is 0 Å². The maximum Gasteiger partial charge on any atom is 0.511 e. The van der Waals surface area contributed by atoms with Crippen molar-refractivity contribution < 1.29 is 19.0 Å². The monoisotopic (exact) mass is 174 g/mol. The Bertz CT molecular complexity index is 157. The van der Waals surface area contributed by atoms with Gasteiger partial charge in [-0.2, -0.15) is 0 Å². The molecule has 4 heteroatoms. The molecule has 0 rings (SSSR count). The predicted octanol–water partition coefficient (Wildman–Crippen LogP) is 2.06. The molecule has 0 amide bonds. The summed E-state index contributed by atoms with van der Waals surface area (Å²) < 4.78 is 13.9. The van der Waals surface area contributed by atoms with Gasteiger partial charge in [-0.1, -0.05) is 6.58 Å². The number of hydrogen-bond donors (Lipinski definition) is 0. The number of carbonyl (C=O) groups is 1. The first-order chi connectivity index (χ1) is 5.45. The molecule has 0 saturated heterocycles. The van der Waals surface area contributed by atoms with E-state index in [1.807, 2.05) is 0 Å². The summed E-state index contributed by atoms with van der Waals surface area (Å²) in [6.45, 7) is 8.37. The highest BCUT2D eigenvalue weighted by Crippen LogP contribution is 2.07. The fraction of sp³-hybridized carbons (Fsp3) is 0.625. The lowest BCUT2D eigenvalue weighted by Gasteiger charge is -2.18. The smallest absolute Gasteiger partial charge is 0.465 e. The molecule has 0 radical (unpaired) electrons. The van der Waals surface area contributed by atoms with Crippen LogP contribution in [0.2, 0.25) is 0 Å². The van der Waals surface area contributed by atoms with Crippen LogP contribution in [0.15, 0.2) is 12.8 Å². The Morgan fingerprint density at radius 1 is 1.50 bits per heavy atom. The van der Waals surface area contributed by atoms with E-state index in [1.165, 1.54) is 6.26 Å².